The van der Waals surface area contributed by atoms with Gasteiger partial charge in [-0.1, -0.05) is 36.9 Å². The van der Waals surface area contributed by atoms with Crippen LogP contribution in [-0.2, 0) is 25.3 Å². The summed E-state index contributed by atoms with van der Waals surface area (Å²) in [6.45, 7) is 3.80. The summed E-state index contributed by atoms with van der Waals surface area (Å²) in [4.78, 5) is 46.0. The van der Waals surface area contributed by atoms with Gasteiger partial charge in [-0.05, 0) is 18.6 Å². The van der Waals surface area contributed by atoms with Crippen LogP contribution in [0, 0.1) is 6.92 Å². The van der Waals surface area contributed by atoms with E-state index in [1.807, 2.05) is 38.1 Å². The number of thioether (sulfide) groups is 1. The summed E-state index contributed by atoms with van der Waals surface area (Å²) in [5, 5.41) is 3.51. The molecule has 8 nitrogen and oxygen atoms in total. The molecule has 0 atom stereocenters. The molecule has 0 radical (unpaired) electrons. The van der Waals surface area contributed by atoms with Crippen molar-refractivity contribution in [1.82, 2.24) is 19.1 Å². The highest BCUT2D eigenvalue weighted by Gasteiger charge is 2.18. The number of hydrogen-bond donors (Lipinski definition) is 1. The number of para-hydroxylation sites is 1. The monoisotopic (exact) mass is 399 g/mol. The van der Waals surface area contributed by atoms with E-state index in [9.17, 15) is 14.4 Å². The van der Waals surface area contributed by atoms with Gasteiger partial charge in [-0.25, -0.2) is 14.8 Å². The van der Waals surface area contributed by atoms with Gasteiger partial charge in [-0.2, -0.15) is 0 Å². The Balaban J connectivity index is 1.96. The molecule has 0 bridgehead atoms. The molecular weight excluding hydrogens is 378 g/mol. The van der Waals surface area contributed by atoms with Gasteiger partial charge in [0, 0.05) is 26.2 Å². The summed E-state index contributed by atoms with van der Waals surface area (Å²) in [7, 11) is 2.98. The van der Waals surface area contributed by atoms with Crippen LogP contribution in [0.25, 0.3) is 11.0 Å². The van der Waals surface area contributed by atoms with Gasteiger partial charge in [0.2, 0.25) is 5.91 Å². The van der Waals surface area contributed by atoms with Crippen molar-refractivity contribution in [3.8, 4) is 0 Å². The van der Waals surface area contributed by atoms with Gasteiger partial charge < -0.3 is 5.32 Å². The molecule has 0 unspecified atom stereocenters. The zero-order valence-electron chi connectivity index (χ0n) is 16.1. The average Bonchev–Trinajstić information content (AvgIpc) is 2.70. The Bertz CT molecular complexity index is 1180. The third-order valence-corrected chi connectivity index (χ3v) is 5.36. The van der Waals surface area contributed by atoms with E-state index < -0.39 is 11.2 Å². The average molecular weight is 399 g/mol. The van der Waals surface area contributed by atoms with E-state index in [-0.39, 0.29) is 22.7 Å². The molecule has 3 rings (SSSR count). The number of rotatable bonds is 5. The van der Waals surface area contributed by atoms with Crippen molar-refractivity contribution in [3.63, 3.8) is 0 Å². The van der Waals surface area contributed by atoms with Crippen LogP contribution in [0.5, 0.6) is 0 Å². The molecule has 0 spiro atoms. The summed E-state index contributed by atoms with van der Waals surface area (Å²) < 4.78 is 2.35. The van der Waals surface area contributed by atoms with Gasteiger partial charge in [0.05, 0.1) is 5.75 Å². The third kappa shape index (κ3) is 3.70. The number of nitrogens with zero attached hydrogens (tertiary/aromatic N) is 4. The lowest BCUT2D eigenvalue weighted by Crippen LogP contribution is -2.38. The minimum atomic E-state index is -0.470. The Kier molecular flexibility index (Phi) is 5.64. The fourth-order valence-electron chi connectivity index (χ4n) is 2.77. The van der Waals surface area contributed by atoms with Crippen molar-refractivity contribution < 1.29 is 4.79 Å². The Morgan fingerprint density at radius 3 is 2.54 bits per heavy atom. The molecule has 9 heteroatoms. The fraction of sp³-hybridized carbons (Fsp3) is 0.316. The molecule has 0 saturated heterocycles. The first kappa shape index (κ1) is 19.8. The Morgan fingerprint density at radius 2 is 1.86 bits per heavy atom. The fourth-order valence-corrected chi connectivity index (χ4v) is 3.60. The molecule has 2 aromatic heterocycles. The molecule has 1 N–H and O–H groups in total. The molecule has 2 heterocycles. The second kappa shape index (κ2) is 7.97. The first-order valence-corrected chi connectivity index (χ1v) is 9.77. The van der Waals surface area contributed by atoms with Gasteiger partial charge in [0.1, 0.15) is 16.2 Å². The van der Waals surface area contributed by atoms with Crippen LogP contribution in [0.4, 0.5) is 5.69 Å². The Labute approximate surface area is 165 Å². The molecule has 3 aromatic rings. The normalized spacial score (nSPS) is 11.0. The largest absolute Gasteiger partial charge is 0.332 e. The number of amides is 1. The molecule has 0 fully saturated rings. The summed E-state index contributed by atoms with van der Waals surface area (Å²) in [5.41, 5.74) is 1.06. The minimum absolute atomic E-state index is 0.0790. The summed E-state index contributed by atoms with van der Waals surface area (Å²) in [6, 6.07) is 7.50. The number of carbonyl (C=O) groups is 1. The molecule has 0 saturated carbocycles. The van der Waals surface area contributed by atoms with Crippen molar-refractivity contribution in [3.05, 3.63) is 56.5 Å². The van der Waals surface area contributed by atoms with Gasteiger partial charge in [-0.15, -0.1) is 0 Å². The smallest absolute Gasteiger partial charge is 0.325 e. The lowest BCUT2D eigenvalue weighted by Gasteiger charge is -2.12. The Hall–Kier alpha value is -2.94. The summed E-state index contributed by atoms with van der Waals surface area (Å²) in [5.74, 6) is 0.388. The molecule has 0 aliphatic rings. The molecule has 146 valence electrons. The number of carbonyl (C=O) groups excluding carboxylic acids is 1. The van der Waals surface area contributed by atoms with E-state index in [2.05, 4.69) is 15.3 Å². The second-order valence-electron chi connectivity index (χ2n) is 6.35. The summed E-state index contributed by atoms with van der Waals surface area (Å²) >= 11 is 1.16. The zero-order chi connectivity index (χ0) is 20.4. The highest BCUT2D eigenvalue weighted by Crippen LogP contribution is 2.23. The maximum atomic E-state index is 12.7. The number of nitrogens with one attached hydrogen (secondary N) is 1. The first-order chi connectivity index (χ1) is 13.3. The van der Waals surface area contributed by atoms with Crippen LogP contribution in [0.15, 0.2) is 38.9 Å². The van der Waals surface area contributed by atoms with Crippen LogP contribution in [0.3, 0.4) is 0 Å². The minimum Gasteiger partial charge on any atom is -0.325 e. The standard InChI is InChI=1S/C19H21N5O3S/c1-5-13-21-16-15(18(26)24(4)19(27)23(16)3)17(22-13)28-10-14(25)20-12-9-7-6-8-11(12)2/h6-9H,5,10H2,1-4H3,(H,20,25). The highest BCUT2D eigenvalue weighted by atomic mass is 32.2. The van der Waals surface area contributed by atoms with Gasteiger partial charge in [0.25, 0.3) is 5.56 Å². The van der Waals surface area contributed by atoms with Crippen molar-refractivity contribution in [2.75, 3.05) is 11.1 Å². The second-order valence-corrected chi connectivity index (χ2v) is 7.32. The molecule has 1 amide bonds. The first-order valence-electron chi connectivity index (χ1n) is 8.78. The molecule has 0 aliphatic carbocycles. The van der Waals surface area contributed by atoms with E-state index in [1.165, 1.54) is 11.6 Å². The number of hydrogen-bond acceptors (Lipinski definition) is 6. The predicted molar refractivity (Wildman–Crippen MR) is 110 cm³/mol. The van der Waals surface area contributed by atoms with Crippen LogP contribution in [-0.4, -0.2) is 30.8 Å². The van der Waals surface area contributed by atoms with Gasteiger partial charge >= 0.3 is 5.69 Å². The SMILES string of the molecule is CCc1nc(SCC(=O)Nc2ccccc2C)c2c(=O)n(C)c(=O)n(C)c2n1. The maximum Gasteiger partial charge on any atom is 0.332 e. The number of aryl methyl sites for hydroxylation is 3. The van der Waals surface area contributed by atoms with Crippen molar-refractivity contribution >= 4 is 34.4 Å². The van der Waals surface area contributed by atoms with Gasteiger partial charge in [-0.3, -0.25) is 18.7 Å². The molecular formula is C19H21N5O3S. The van der Waals surface area contributed by atoms with E-state index in [0.29, 0.717) is 17.3 Å². The third-order valence-electron chi connectivity index (χ3n) is 4.39. The number of aromatic nitrogens is 4. The van der Waals surface area contributed by atoms with Gasteiger partial charge in [0.15, 0.2) is 5.65 Å². The van der Waals surface area contributed by atoms with Crippen LogP contribution in [0.1, 0.15) is 18.3 Å². The zero-order valence-corrected chi connectivity index (χ0v) is 17.0. The number of benzene rings is 1. The van der Waals surface area contributed by atoms with Crippen molar-refractivity contribution in [2.24, 2.45) is 14.1 Å². The number of fused-ring (bicyclic) bond motifs is 1. The lowest BCUT2D eigenvalue weighted by atomic mass is 10.2. The molecule has 28 heavy (non-hydrogen) atoms. The van der Waals surface area contributed by atoms with E-state index in [1.54, 1.807) is 7.05 Å². The highest BCUT2D eigenvalue weighted by molar-refractivity contribution is 8.00. The summed E-state index contributed by atoms with van der Waals surface area (Å²) in [6.07, 6.45) is 0.544. The van der Waals surface area contributed by atoms with Crippen molar-refractivity contribution in [1.29, 1.82) is 0 Å². The van der Waals surface area contributed by atoms with E-state index >= 15 is 0 Å². The quantitative estimate of drug-likeness (QED) is 0.517. The molecule has 0 aliphatic heterocycles. The van der Waals surface area contributed by atoms with Crippen LogP contribution >= 0.6 is 11.8 Å². The van der Waals surface area contributed by atoms with Crippen LogP contribution in [0.2, 0.25) is 0 Å². The van der Waals surface area contributed by atoms with E-state index in [0.717, 1.165) is 27.6 Å². The maximum absolute atomic E-state index is 12.7. The van der Waals surface area contributed by atoms with E-state index in [4.69, 9.17) is 0 Å². The number of anilines is 1. The molecule has 1 aromatic carbocycles. The lowest BCUT2D eigenvalue weighted by molar-refractivity contribution is -0.113. The van der Waals surface area contributed by atoms with Crippen molar-refractivity contribution in [2.45, 2.75) is 25.3 Å². The predicted octanol–water partition coefficient (Wildman–Crippen LogP) is 1.63. The van der Waals surface area contributed by atoms with Crippen LogP contribution < -0.4 is 16.6 Å². The Morgan fingerprint density at radius 1 is 1.14 bits per heavy atom. The topological polar surface area (TPSA) is 98.9 Å².